The summed E-state index contributed by atoms with van der Waals surface area (Å²) in [5, 5.41) is 4.45. The molecule has 0 bridgehead atoms. The molecule has 90 valence electrons. The van der Waals surface area contributed by atoms with Gasteiger partial charge >= 0.3 is 0 Å². The van der Waals surface area contributed by atoms with Crippen molar-refractivity contribution in [2.24, 2.45) is 12.9 Å². The molecule has 1 heterocycles. The first kappa shape index (κ1) is 13.4. The third-order valence-corrected chi connectivity index (χ3v) is 3.54. The SMILES string of the molecule is C=CCC(Cc1c(Br)c(CC)nn1C)NN. The predicted molar refractivity (Wildman–Crippen MR) is 69.9 cm³/mol. The summed E-state index contributed by atoms with van der Waals surface area (Å²) in [4.78, 5) is 0. The molecular formula is C11H19BrN4. The first-order valence-corrected chi connectivity index (χ1v) is 6.20. The highest BCUT2D eigenvalue weighted by Gasteiger charge is 2.16. The van der Waals surface area contributed by atoms with Crippen LogP contribution in [-0.4, -0.2) is 15.8 Å². The molecule has 0 fully saturated rings. The molecule has 1 unspecified atom stereocenters. The van der Waals surface area contributed by atoms with Gasteiger partial charge in [-0.05, 0) is 28.8 Å². The maximum Gasteiger partial charge on any atom is 0.0766 e. The second-order valence-electron chi connectivity index (χ2n) is 3.78. The van der Waals surface area contributed by atoms with Gasteiger partial charge in [-0.2, -0.15) is 5.10 Å². The van der Waals surface area contributed by atoms with E-state index in [1.54, 1.807) is 0 Å². The van der Waals surface area contributed by atoms with Gasteiger partial charge in [-0.25, -0.2) is 0 Å². The fourth-order valence-electron chi connectivity index (χ4n) is 1.69. The molecule has 1 rings (SSSR count). The first-order chi connectivity index (χ1) is 7.63. The molecule has 1 aromatic rings. The van der Waals surface area contributed by atoms with Crippen LogP contribution in [-0.2, 0) is 19.9 Å². The fraction of sp³-hybridized carbons (Fsp3) is 0.545. The van der Waals surface area contributed by atoms with E-state index in [-0.39, 0.29) is 6.04 Å². The van der Waals surface area contributed by atoms with Gasteiger partial charge in [0.15, 0.2) is 0 Å². The number of hydrogen-bond donors (Lipinski definition) is 2. The van der Waals surface area contributed by atoms with Gasteiger partial charge in [0.05, 0.1) is 15.9 Å². The molecule has 16 heavy (non-hydrogen) atoms. The largest absolute Gasteiger partial charge is 0.271 e. The minimum Gasteiger partial charge on any atom is -0.271 e. The highest BCUT2D eigenvalue weighted by Crippen LogP contribution is 2.23. The number of hydrazine groups is 1. The quantitative estimate of drug-likeness (QED) is 0.475. The van der Waals surface area contributed by atoms with Gasteiger partial charge in [-0.15, -0.1) is 6.58 Å². The summed E-state index contributed by atoms with van der Waals surface area (Å²) in [6.07, 6.45) is 4.48. The Morgan fingerprint density at radius 3 is 2.81 bits per heavy atom. The summed E-state index contributed by atoms with van der Waals surface area (Å²) in [6.45, 7) is 5.82. The lowest BCUT2D eigenvalue weighted by atomic mass is 10.1. The van der Waals surface area contributed by atoms with Crippen LogP contribution >= 0.6 is 15.9 Å². The fourth-order valence-corrected chi connectivity index (χ4v) is 2.46. The van der Waals surface area contributed by atoms with Crippen LogP contribution in [0.4, 0.5) is 0 Å². The van der Waals surface area contributed by atoms with E-state index in [2.05, 4.69) is 40.0 Å². The van der Waals surface area contributed by atoms with Gasteiger partial charge in [0.1, 0.15) is 0 Å². The Morgan fingerprint density at radius 1 is 1.69 bits per heavy atom. The topological polar surface area (TPSA) is 55.9 Å². The maximum atomic E-state index is 5.50. The summed E-state index contributed by atoms with van der Waals surface area (Å²) in [5.41, 5.74) is 5.06. The van der Waals surface area contributed by atoms with Gasteiger partial charge in [-0.3, -0.25) is 16.0 Å². The Labute approximate surface area is 105 Å². The summed E-state index contributed by atoms with van der Waals surface area (Å²) >= 11 is 3.59. The molecule has 3 N–H and O–H groups in total. The highest BCUT2D eigenvalue weighted by atomic mass is 79.9. The van der Waals surface area contributed by atoms with Crippen LogP contribution in [0, 0.1) is 0 Å². The number of hydrogen-bond acceptors (Lipinski definition) is 3. The van der Waals surface area contributed by atoms with Crippen molar-refractivity contribution in [2.75, 3.05) is 0 Å². The zero-order valence-electron chi connectivity index (χ0n) is 9.83. The van der Waals surface area contributed by atoms with Crippen molar-refractivity contribution in [3.05, 3.63) is 28.5 Å². The molecule has 0 aliphatic heterocycles. The van der Waals surface area contributed by atoms with Crippen molar-refractivity contribution in [2.45, 2.75) is 32.2 Å². The van der Waals surface area contributed by atoms with Gasteiger partial charge in [0.2, 0.25) is 0 Å². The second kappa shape index (κ2) is 6.18. The molecule has 0 aliphatic carbocycles. The normalized spacial score (nSPS) is 12.8. The summed E-state index contributed by atoms with van der Waals surface area (Å²) in [7, 11) is 1.96. The Bertz CT molecular complexity index is 359. The number of aromatic nitrogens is 2. The second-order valence-corrected chi connectivity index (χ2v) is 4.57. The van der Waals surface area contributed by atoms with Crippen molar-refractivity contribution < 1.29 is 0 Å². The number of halogens is 1. The van der Waals surface area contributed by atoms with Gasteiger partial charge < -0.3 is 0 Å². The zero-order chi connectivity index (χ0) is 12.1. The standard InChI is InChI=1S/C11H19BrN4/c1-4-6-8(14-13)7-10-11(12)9(5-2)15-16(10)3/h4,8,14H,1,5-7,13H2,2-3H3. The lowest BCUT2D eigenvalue weighted by molar-refractivity contribution is 0.511. The van der Waals surface area contributed by atoms with E-state index in [9.17, 15) is 0 Å². The highest BCUT2D eigenvalue weighted by molar-refractivity contribution is 9.10. The molecule has 0 spiro atoms. The van der Waals surface area contributed by atoms with Gasteiger partial charge in [0.25, 0.3) is 0 Å². The molecule has 0 amide bonds. The third-order valence-electron chi connectivity index (χ3n) is 2.63. The van der Waals surface area contributed by atoms with E-state index < -0.39 is 0 Å². The lowest BCUT2D eigenvalue weighted by Crippen LogP contribution is -2.36. The van der Waals surface area contributed by atoms with Crippen LogP contribution in [0.5, 0.6) is 0 Å². The van der Waals surface area contributed by atoms with Crippen molar-refractivity contribution >= 4 is 15.9 Å². The number of nitrogens with zero attached hydrogens (tertiary/aromatic N) is 2. The van der Waals surface area contributed by atoms with E-state index in [1.807, 2.05) is 17.8 Å². The number of nitrogens with two attached hydrogens (primary N) is 1. The first-order valence-electron chi connectivity index (χ1n) is 5.41. The van der Waals surface area contributed by atoms with Crippen LogP contribution in [0.3, 0.4) is 0 Å². The number of rotatable bonds is 6. The van der Waals surface area contributed by atoms with E-state index in [0.717, 1.165) is 29.4 Å². The molecule has 0 saturated carbocycles. The minimum atomic E-state index is 0.203. The predicted octanol–water partition coefficient (Wildman–Crippen LogP) is 1.70. The number of nitrogens with one attached hydrogen (secondary N) is 1. The summed E-state index contributed by atoms with van der Waals surface area (Å²) < 4.78 is 3.01. The molecule has 5 heteroatoms. The lowest BCUT2D eigenvalue weighted by Gasteiger charge is -2.14. The van der Waals surface area contributed by atoms with E-state index in [4.69, 9.17) is 5.84 Å². The minimum absolute atomic E-state index is 0.203. The van der Waals surface area contributed by atoms with Crippen molar-refractivity contribution in [3.8, 4) is 0 Å². The molecule has 0 radical (unpaired) electrons. The molecule has 0 saturated heterocycles. The van der Waals surface area contributed by atoms with Crippen molar-refractivity contribution in [1.82, 2.24) is 15.2 Å². The van der Waals surface area contributed by atoms with Crippen LogP contribution in [0.2, 0.25) is 0 Å². The van der Waals surface area contributed by atoms with Crippen LogP contribution in [0.25, 0.3) is 0 Å². The van der Waals surface area contributed by atoms with Gasteiger partial charge in [-0.1, -0.05) is 13.0 Å². The number of aryl methyl sites for hydroxylation is 2. The summed E-state index contributed by atoms with van der Waals surface area (Å²) in [6, 6.07) is 0.203. The summed E-state index contributed by atoms with van der Waals surface area (Å²) in [5.74, 6) is 5.50. The average molecular weight is 287 g/mol. The average Bonchev–Trinajstić information content (AvgIpc) is 2.55. The van der Waals surface area contributed by atoms with Crippen molar-refractivity contribution in [1.29, 1.82) is 0 Å². The van der Waals surface area contributed by atoms with Crippen molar-refractivity contribution in [3.63, 3.8) is 0 Å². The molecule has 0 aromatic carbocycles. The smallest absolute Gasteiger partial charge is 0.0766 e. The molecule has 1 aromatic heterocycles. The molecule has 1 atom stereocenters. The van der Waals surface area contributed by atoms with Crippen LogP contribution < -0.4 is 11.3 Å². The maximum absolute atomic E-state index is 5.50. The zero-order valence-corrected chi connectivity index (χ0v) is 11.4. The Balaban J connectivity index is 2.86. The molecular weight excluding hydrogens is 268 g/mol. The van der Waals surface area contributed by atoms with Gasteiger partial charge in [0, 0.05) is 19.5 Å². The van der Waals surface area contributed by atoms with E-state index in [1.165, 1.54) is 5.69 Å². The van der Waals surface area contributed by atoms with Crippen LogP contribution in [0.15, 0.2) is 17.1 Å². The molecule has 4 nitrogen and oxygen atoms in total. The Hall–Kier alpha value is -0.650. The third kappa shape index (κ3) is 2.93. The monoisotopic (exact) mass is 286 g/mol. The van der Waals surface area contributed by atoms with E-state index in [0.29, 0.717) is 0 Å². The Morgan fingerprint density at radius 2 is 2.38 bits per heavy atom. The van der Waals surface area contributed by atoms with E-state index >= 15 is 0 Å². The van der Waals surface area contributed by atoms with Crippen LogP contribution in [0.1, 0.15) is 24.7 Å². The Kier molecular flexibility index (Phi) is 5.18. The molecule has 0 aliphatic rings.